The minimum absolute atomic E-state index is 0.0861. The maximum Gasteiger partial charge on any atom is 0.237 e. The fraction of sp³-hybridized carbons (Fsp3) is 0.588. The second-order valence-corrected chi connectivity index (χ2v) is 6.37. The molecule has 21 heavy (non-hydrogen) atoms. The molecule has 114 valence electrons. The molecular formula is C17H24N2O2. The van der Waals surface area contributed by atoms with Crippen molar-refractivity contribution in [3.8, 4) is 0 Å². The molecule has 1 aromatic rings. The third kappa shape index (κ3) is 2.97. The summed E-state index contributed by atoms with van der Waals surface area (Å²) in [6.45, 7) is 0.571. The van der Waals surface area contributed by atoms with E-state index in [4.69, 9.17) is 0 Å². The van der Waals surface area contributed by atoms with Crippen LogP contribution in [0, 0.1) is 5.92 Å². The molecule has 0 aromatic heterocycles. The van der Waals surface area contributed by atoms with Crippen molar-refractivity contribution in [2.45, 2.75) is 50.4 Å². The molecule has 0 spiro atoms. The summed E-state index contributed by atoms with van der Waals surface area (Å²) in [5, 5.41) is 13.2. The van der Waals surface area contributed by atoms with Gasteiger partial charge in [0.2, 0.25) is 5.91 Å². The zero-order valence-corrected chi connectivity index (χ0v) is 12.5. The van der Waals surface area contributed by atoms with Crippen LogP contribution in [-0.2, 0) is 11.3 Å². The number of aliphatic hydroxyl groups is 1. The molecule has 3 rings (SSSR count). The van der Waals surface area contributed by atoms with Crippen LogP contribution in [0.3, 0.4) is 0 Å². The lowest BCUT2D eigenvalue weighted by molar-refractivity contribution is -0.126. The lowest BCUT2D eigenvalue weighted by Gasteiger charge is -2.34. The van der Waals surface area contributed by atoms with Gasteiger partial charge in [0.15, 0.2) is 0 Å². The van der Waals surface area contributed by atoms with Crippen molar-refractivity contribution in [1.82, 2.24) is 10.2 Å². The predicted octanol–water partition coefficient (Wildman–Crippen LogP) is 1.54. The van der Waals surface area contributed by atoms with Gasteiger partial charge in [0.1, 0.15) is 0 Å². The summed E-state index contributed by atoms with van der Waals surface area (Å²) in [6, 6.07) is 10.0. The van der Waals surface area contributed by atoms with Crippen LogP contribution in [0.25, 0.3) is 0 Å². The van der Waals surface area contributed by atoms with E-state index in [2.05, 4.69) is 10.2 Å². The van der Waals surface area contributed by atoms with Crippen molar-refractivity contribution < 1.29 is 9.90 Å². The van der Waals surface area contributed by atoms with E-state index in [1.54, 1.807) is 0 Å². The SMILES string of the molecule is CN1[C@@H]2[C@@H](CCC[C@@H]2O)C[C@H]1C(=O)NCc1ccccc1. The molecule has 1 aliphatic heterocycles. The number of hydrogen-bond donors (Lipinski definition) is 2. The molecule has 4 nitrogen and oxygen atoms in total. The van der Waals surface area contributed by atoms with Crippen molar-refractivity contribution in [2.24, 2.45) is 5.92 Å². The molecule has 1 aliphatic carbocycles. The Balaban J connectivity index is 1.60. The highest BCUT2D eigenvalue weighted by Gasteiger charge is 2.46. The van der Waals surface area contributed by atoms with E-state index < -0.39 is 0 Å². The van der Waals surface area contributed by atoms with Crippen LogP contribution in [0.4, 0.5) is 0 Å². The molecule has 1 aromatic carbocycles. The van der Waals surface area contributed by atoms with Gasteiger partial charge in [-0.25, -0.2) is 0 Å². The number of carbonyl (C=O) groups excluding carboxylic acids is 1. The predicted molar refractivity (Wildman–Crippen MR) is 81.6 cm³/mol. The Hall–Kier alpha value is -1.39. The fourth-order valence-electron chi connectivity index (χ4n) is 3.96. The smallest absolute Gasteiger partial charge is 0.237 e. The summed E-state index contributed by atoms with van der Waals surface area (Å²) < 4.78 is 0. The van der Waals surface area contributed by atoms with Crippen molar-refractivity contribution in [2.75, 3.05) is 7.05 Å². The number of carbonyl (C=O) groups is 1. The molecule has 0 bridgehead atoms. The monoisotopic (exact) mass is 288 g/mol. The average Bonchev–Trinajstić information content (AvgIpc) is 2.84. The molecule has 1 amide bonds. The van der Waals surface area contributed by atoms with Gasteiger partial charge < -0.3 is 10.4 Å². The van der Waals surface area contributed by atoms with Gasteiger partial charge in [-0.2, -0.15) is 0 Å². The van der Waals surface area contributed by atoms with E-state index in [1.165, 1.54) is 0 Å². The molecule has 1 saturated carbocycles. The van der Waals surface area contributed by atoms with Crippen molar-refractivity contribution in [3.05, 3.63) is 35.9 Å². The van der Waals surface area contributed by atoms with Gasteiger partial charge in [-0.15, -0.1) is 0 Å². The van der Waals surface area contributed by atoms with E-state index >= 15 is 0 Å². The second-order valence-electron chi connectivity index (χ2n) is 6.37. The molecule has 4 heteroatoms. The Morgan fingerprint density at radius 2 is 2.10 bits per heavy atom. The first-order valence-corrected chi connectivity index (χ1v) is 7.88. The summed E-state index contributed by atoms with van der Waals surface area (Å²) in [5.74, 6) is 0.550. The van der Waals surface area contributed by atoms with Crippen LogP contribution in [0.15, 0.2) is 30.3 Å². The molecule has 2 fully saturated rings. The number of likely N-dealkylation sites (tertiary alicyclic amines) is 1. The minimum Gasteiger partial charge on any atom is -0.391 e. The lowest BCUT2D eigenvalue weighted by atomic mass is 9.83. The van der Waals surface area contributed by atoms with Gasteiger partial charge >= 0.3 is 0 Å². The van der Waals surface area contributed by atoms with Gasteiger partial charge in [-0.3, -0.25) is 9.69 Å². The summed E-state index contributed by atoms with van der Waals surface area (Å²) >= 11 is 0. The van der Waals surface area contributed by atoms with E-state index in [0.29, 0.717) is 12.5 Å². The van der Waals surface area contributed by atoms with Crippen LogP contribution >= 0.6 is 0 Å². The highest BCUT2D eigenvalue weighted by Crippen LogP contribution is 2.38. The van der Waals surface area contributed by atoms with E-state index in [0.717, 1.165) is 31.2 Å². The van der Waals surface area contributed by atoms with E-state index in [9.17, 15) is 9.90 Å². The van der Waals surface area contributed by atoms with Gasteiger partial charge in [0.25, 0.3) is 0 Å². The first-order chi connectivity index (χ1) is 10.2. The number of benzene rings is 1. The molecule has 0 unspecified atom stereocenters. The van der Waals surface area contributed by atoms with Gasteiger partial charge in [-0.05, 0) is 37.8 Å². The zero-order valence-electron chi connectivity index (χ0n) is 12.5. The van der Waals surface area contributed by atoms with E-state index in [-0.39, 0.29) is 24.1 Å². The maximum atomic E-state index is 12.4. The van der Waals surface area contributed by atoms with Gasteiger partial charge in [0.05, 0.1) is 12.1 Å². The first-order valence-electron chi connectivity index (χ1n) is 7.88. The number of hydrogen-bond acceptors (Lipinski definition) is 3. The number of fused-ring (bicyclic) bond motifs is 1. The largest absolute Gasteiger partial charge is 0.391 e. The van der Waals surface area contributed by atoms with E-state index in [1.807, 2.05) is 37.4 Å². The molecule has 2 N–H and O–H groups in total. The molecule has 0 radical (unpaired) electrons. The summed E-state index contributed by atoms with van der Waals surface area (Å²) in [5.41, 5.74) is 1.11. The summed E-state index contributed by atoms with van der Waals surface area (Å²) in [4.78, 5) is 14.5. The number of nitrogens with zero attached hydrogens (tertiary/aromatic N) is 1. The molecule has 2 aliphatic rings. The summed E-state index contributed by atoms with van der Waals surface area (Å²) in [6.07, 6.45) is 3.67. The Bertz CT molecular complexity index is 491. The van der Waals surface area contributed by atoms with Crippen molar-refractivity contribution in [3.63, 3.8) is 0 Å². The van der Waals surface area contributed by atoms with Gasteiger partial charge in [-0.1, -0.05) is 36.8 Å². The van der Waals surface area contributed by atoms with Crippen LogP contribution < -0.4 is 5.32 Å². The Labute approximate surface area is 126 Å². The van der Waals surface area contributed by atoms with Crippen LogP contribution in [0.2, 0.25) is 0 Å². The lowest BCUT2D eigenvalue weighted by Crippen LogP contribution is -2.48. The molecule has 1 heterocycles. The highest BCUT2D eigenvalue weighted by atomic mass is 16.3. The van der Waals surface area contributed by atoms with Crippen LogP contribution in [0.1, 0.15) is 31.2 Å². The number of likely N-dealkylation sites (N-methyl/N-ethyl adjacent to an activating group) is 1. The standard InChI is InChI=1S/C17H24N2O2/c1-19-14(10-13-8-5-9-15(20)16(13)19)17(21)18-11-12-6-3-2-4-7-12/h2-4,6-7,13-16,20H,5,8-11H2,1H3,(H,18,21)/t13-,14-,15-,16+/m0/s1. The topological polar surface area (TPSA) is 52.6 Å². The fourth-order valence-corrected chi connectivity index (χ4v) is 3.96. The van der Waals surface area contributed by atoms with Crippen molar-refractivity contribution >= 4 is 5.91 Å². The Morgan fingerprint density at radius 1 is 1.33 bits per heavy atom. The number of rotatable bonds is 3. The first kappa shape index (κ1) is 14.5. The van der Waals surface area contributed by atoms with Crippen LogP contribution in [0.5, 0.6) is 0 Å². The summed E-state index contributed by atoms with van der Waals surface area (Å²) in [7, 11) is 1.98. The van der Waals surface area contributed by atoms with Crippen LogP contribution in [-0.4, -0.2) is 41.1 Å². The van der Waals surface area contributed by atoms with Crippen molar-refractivity contribution in [1.29, 1.82) is 0 Å². The number of amides is 1. The molecular weight excluding hydrogens is 264 g/mol. The third-order valence-corrected chi connectivity index (χ3v) is 5.05. The minimum atomic E-state index is -0.277. The molecule has 1 saturated heterocycles. The zero-order chi connectivity index (χ0) is 14.8. The quantitative estimate of drug-likeness (QED) is 0.887. The average molecular weight is 288 g/mol. The Kier molecular flexibility index (Phi) is 4.27. The number of nitrogens with one attached hydrogen (secondary N) is 1. The third-order valence-electron chi connectivity index (χ3n) is 5.05. The highest BCUT2D eigenvalue weighted by molar-refractivity contribution is 5.82. The second kappa shape index (κ2) is 6.16. The molecule has 4 atom stereocenters. The van der Waals surface area contributed by atoms with Gasteiger partial charge in [0, 0.05) is 12.6 Å². The number of aliphatic hydroxyl groups excluding tert-OH is 1. The Morgan fingerprint density at radius 3 is 2.81 bits per heavy atom. The maximum absolute atomic E-state index is 12.4. The normalized spacial score (nSPS) is 32.7.